The van der Waals surface area contributed by atoms with Crippen molar-refractivity contribution < 1.29 is 0 Å². The lowest BCUT2D eigenvalue weighted by Gasteiger charge is -2.28. The van der Waals surface area contributed by atoms with Crippen LogP contribution in [0.2, 0.25) is 0 Å². The summed E-state index contributed by atoms with van der Waals surface area (Å²) in [5.41, 5.74) is 24.6. The molecule has 10 aromatic carbocycles. The Bertz CT molecular complexity index is 3650. The van der Waals surface area contributed by atoms with E-state index in [1.165, 1.54) is 83.5 Å². The molecule has 1 aromatic heterocycles. The van der Waals surface area contributed by atoms with Gasteiger partial charge in [0.05, 0.1) is 0 Å². The Hall–Kier alpha value is -8.99. The fourth-order valence-electron chi connectivity index (χ4n) is 11.1. The molecular weight excluding hydrogens is 897 g/mol. The Labute approximate surface area is 436 Å². The van der Waals surface area contributed by atoms with Gasteiger partial charge in [-0.25, -0.2) is 4.98 Å². The summed E-state index contributed by atoms with van der Waals surface area (Å²) in [4.78, 5) is 18.1. The van der Waals surface area contributed by atoms with Crippen LogP contribution in [0, 0.1) is 41.5 Å². The summed E-state index contributed by atoms with van der Waals surface area (Å²) < 4.78 is 0. The summed E-state index contributed by atoms with van der Waals surface area (Å²) in [5.74, 6) is 1.72. The predicted octanol–water partition coefficient (Wildman–Crippen LogP) is 18.4. The number of anilines is 3. The second kappa shape index (κ2) is 20.6. The van der Waals surface area contributed by atoms with Crippen LogP contribution in [-0.4, -0.2) is 15.0 Å². The zero-order valence-electron chi connectivity index (χ0n) is 42.9. The molecule has 0 bridgehead atoms. The molecule has 0 unspecified atom stereocenters. The summed E-state index contributed by atoms with van der Waals surface area (Å²) in [7, 11) is 0. The molecule has 4 heteroatoms. The number of hydrogen-bond donors (Lipinski definition) is 0. The molecule has 1 heterocycles. The molecule has 0 spiro atoms. The first-order chi connectivity index (χ1) is 36.2. The molecule has 4 nitrogen and oxygen atoms in total. The minimum absolute atomic E-state index is 0.0266. The van der Waals surface area contributed by atoms with E-state index < -0.39 is 0 Å². The maximum atomic E-state index is 5.40. The fraction of sp³-hybridized carbons (Fsp3) is 0.100. The smallest absolute Gasteiger partial charge is 0.238 e. The first-order valence-electron chi connectivity index (χ1n) is 25.5. The van der Waals surface area contributed by atoms with E-state index in [4.69, 9.17) is 15.0 Å². The third-order valence-corrected chi connectivity index (χ3v) is 14.3. The highest BCUT2D eigenvalue weighted by atomic mass is 15.3. The van der Waals surface area contributed by atoms with Gasteiger partial charge in [0.1, 0.15) is 0 Å². The lowest BCUT2D eigenvalue weighted by atomic mass is 9.77. The van der Waals surface area contributed by atoms with Crippen molar-refractivity contribution in [3.8, 4) is 67.3 Å². The van der Waals surface area contributed by atoms with Crippen molar-refractivity contribution in [3.05, 3.63) is 287 Å². The Kier molecular flexibility index (Phi) is 13.2. The maximum Gasteiger partial charge on any atom is 0.238 e. The number of aromatic nitrogens is 3. The second-order valence-electron chi connectivity index (χ2n) is 19.6. The number of nitrogens with zero attached hydrogens (tertiary/aromatic N) is 4. The molecule has 0 radical (unpaired) electrons. The Morgan fingerprint density at radius 3 is 0.986 bits per heavy atom. The van der Waals surface area contributed by atoms with Crippen molar-refractivity contribution >= 4 is 17.3 Å². The molecule has 0 aliphatic rings. The van der Waals surface area contributed by atoms with Gasteiger partial charge in [0, 0.05) is 28.4 Å². The van der Waals surface area contributed by atoms with Crippen LogP contribution in [-0.2, 0) is 0 Å². The van der Waals surface area contributed by atoms with E-state index in [1.54, 1.807) is 0 Å². The van der Waals surface area contributed by atoms with Gasteiger partial charge in [-0.3, -0.25) is 4.90 Å². The molecule has 74 heavy (non-hydrogen) atoms. The van der Waals surface area contributed by atoms with E-state index in [2.05, 4.69) is 265 Å². The first-order valence-corrected chi connectivity index (χ1v) is 25.5. The van der Waals surface area contributed by atoms with Gasteiger partial charge >= 0.3 is 0 Å². The lowest BCUT2D eigenvalue weighted by Crippen LogP contribution is -2.16. The van der Waals surface area contributed by atoms with Crippen LogP contribution in [0.1, 0.15) is 56.0 Å². The SMILES string of the molecule is Cc1cc(C)c(C(c2ccc(N(c3ccc(-c4ccccc4-c4ccccc4)cc3)c3nc(-c4ccccc4)nc(-c4ccc(-c5ccccc5-c5ccccc5)cc4)n3)cc2)c2c(C)cc(C)cc2C)c(C)c1. The molecule has 0 atom stereocenters. The highest BCUT2D eigenvalue weighted by Crippen LogP contribution is 2.43. The number of rotatable bonds is 12. The van der Waals surface area contributed by atoms with Crippen LogP contribution in [0.3, 0.4) is 0 Å². The molecular formula is C70H58N4. The van der Waals surface area contributed by atoms with Gasteiger partial charge in [0.25, 0.3) is 0 Å². The molecule has 0 saturated heterocycles. The maximum absolute atomic E-state index is 5.40. The van der Waals surface area contributed by atoms with E-state index >= 15 is 0 Å². The van der Waals surface area contributed by atoms with Gasteiger partial charge in [-0.05, 0) is 149 Å². The van der Waals surface area contributed by atoms with Crippen LogP contribution in [0.5, 0.6) is 0 Å². The molecule has 0 aliphatic carbocycles. The highest BCUT2D eigenvalue weighted by Gasteiger charge is 2.26. The minimum Gasteiger partial charge on any atom is -0.279 e. The van der Waals surface area contributed by atoms with Crippen molar-refractivity contribution in [1.82, 2.24) is 15.0 Å². The number of hydrogen-bond acceptors (Lipinski definition) is 4. The van der Waals surface area contributed by atoms with Crippen LogP contribution < -0.4 is 4.90 Å². The second-order valence-corrected chi connectivity index (χ2v) is 19.6. The van der Waals surface area contributed by atoms with Gasteiger partial charge in [-0.2, -0.15) is 9.97 Å². The van der Waals surface area contributed by atoms with E-state index in [0.717, 1.165) is 33.6 Å². The molecule has 0 N–H and O–H groups in total. The molecule has 11 rings (SSSR count). The predicted molar refractivity (Wildman–Crippen MR) is 309 cm³/mol. The van der Waals surface area contributed by atoms with Crippen LogP contribution in [0.15, 0.2) is 237 Å². The number of aryl methyl sites for hydroxylation is 6. The quantitative estimate of drug-likeness (QED) is 0.114. The Balaban J connectivity index is 1.07. The largest absolute Gasteiger partial charge is 0.279 e. The van der Waals surface area contributed by atoms with E-state index in [0.29, 0.717) is 17.6 Å². The molecule has 358 valence electrons. The Morgan fingerprint density at radius 2 is 0.595 bits per heavy atom. The van der Waals surface area contributed by atoms with Crippen molar-refractivity contribution in [3.63, 3.8) is 0 Å². The van der Waals surface area contributed by atoms with E-state index in [-0.39, 0.29) is 5.92 Å². The zero-order chi connectivity index (χ0) is 50.7. The van der Waals surface area contributed by atoms with E-state index in [1.807, 2.05) is 18.2 Å². The van der Waals surface area contributed by atoms with Gasteiger partial charge in [0.2, 0.25) is 5.95 Å². The van der Waals surface area contributed by atoms with Gasteiger partial charge in [-0.1, -0.05) is 223 Å². The molecule has 0 amide bonds. The summed E-state index contributed by atoms with van der Waals surface area (Å²) >= 11 is 0. The topological polar surface area (TPSA) is 41.9 Å². The summed E-state index contributed by atoms with van der Waals surface area (Å²) in [6, 6.07) is 84.4. The molecule has 0 saturated carbocycles. The summed E-state index contributed by atoms with van der Waals surface area (Å²) in [5, 5.41) is 0. The first kappa shape index (κ1) is 47.3. The Morgan fingerprint density at radius 1 is 0.297 bits per heavy atom. The van der Waals surface area contributed by atoms with Crippen LogP contribution in [0.25, 0.3) is 67.3 Å². The molecule has 0 fully saturated rings. The fourth-order valence-corrected chi connectivity index (χ4v) is 11.1. The van der Waals surface area contributed by atoms with Gasteiger partial charge in [0.15, 0.2) is 11.6 Å². The van der Waals surface area contributed by atoms with Crippen molar-refractivity contribution in [2.24, 2.45) is 0 Å². The van der Waals surface area contributed by atoms with Crippen molar-refractivity contribution in [2.75, 3.05) is 4.90 Å². The summed E-state index contributed by atoms with van der Waals surface area (Å²) in [6.07, 6.45) is 0. The molecule has 11 aromatic rings. The van der Waals surface area contributed by atoms with Gasteiger partial charge in [-0.15, -0.1) is 0 Å². The lowest BCUT2D eigenvalue weighted by molar-refractivity contribution is 0.919. The highest BCUT2D eigenvalue weighted by molar-refractivity contribution is 5.86. The van der Waals surface area contributed by atoms with Crippen LogP contribution >= 0.6 is 0 Å². The number of benzene rings is 10. The zero-order valence-corrected chi connectivity index (χ0v) is 42.9. The molecule has 0 aliphatic heterocycles. The summed E-state index contributed by atoms with van der Waals surface area (Å²) in [6.45, 7) is 13.4. The normalized spacial score (nSPS) is 11.2. The van der Waals surface area contributed by atoms with Crippen molar-refractivity contribution in [1.29, 1.82) is 0 Å². The monoisotopic (exact) mass is 954 g/mol. The van der Waals surface area contributed by atoms with Gasteiger partial charge < -0.3 is 0 Å². The minimum atomic E-state index is 0.0266. The third-order valence-electron chi connectivity index (χ3n) is 14.3. The third kappa shape index (κ3) is 9.58. The average molecular weight is 955 g/mol. The van der Waals surface area contributed by atoms with E-state index in [9.17, 15) is 0 Å². The standard InChI is InChI=1S/C70H58N4/c1-46-42-48(3)65(49(4)43-46)67(66-50(5)44-47(2)45-51(66)6)56-36-40-60(41-37-56)74(59-38-34-55(35-39-59)64-29-19-17-27-62(64)53-22-12-8-13-23-53)70-72-68(57-24-14-9-15-25-57)71-69(73-70)58-32-30-54(31-33-58)63-28-18-16-26-61(63)52-20-10-7-11-21-52/h7-45,67H,1-6H3. The average Bonchev–Trinajstić information content (AvgIpc) is 3.43. The van der Waals surface area contributed by atoms with Crippen molar-refractivity contribution in [2.45, 2.75) is 47.5 Å². The van der Waals surface area contributed by atoms with Crippen LogP contribution in [0.4, 0.5) is 17.3 Å².